The van der Waals surface area contributed by atoms with Gasteiger partial charge in [0.25, 0.3) is 0 Å². The maximum Gasteiger partial charge on any atom is 0.219 e. The minimum Gasteiger partial charge on any atom is -0.333 e. The van der Waals surface area contributed by atoms with Gasteiger partial charge in [-0.1, -0.05) is 135 Å². The van der Waals surface area contributed by atoms with Crippen LogP contribution in [0.3, 0.4) is 0 Å². The van der Waals surface area contributed by atoms with Gasteiger partial charge in [0.15, 0.2) is 0 Å². The van der Waals surface area contributed by atoms with Gasteiger partial charge in [0, 0.05) is 22.0 Å². The average Bonchev–Trinajstić information content (AvgIpc) is 3.74. The van der Waals surface area contributed by atoms with Crippen molar-refractivity contribution in [3.8, 4) is 22.3 Å². The average molecular weight is 777 g/mol. The number of hydrogen-bond donors (Lipinski definition) is 0. The molecule has 0 N–H and O–H groups in total. The molecule has 2 heterocycles. The summed E-state index contributed by atoms with van der Waals surface area (Å²) in [6.45, 7) is 15.0. The molecule has 9 rings (SSSR count). The molecule has 2 unspecified atom stereocenters. The SMILES string of the molecule is C=C/C=C\C(=C/C)N1N=C(C2=C=CC=CC=C2)[B]C1c1cccc(C)c1-c1cc(-c2cc3c(C)c(/C=C\C)c4cccc5c4c3c(c2)n5C2C=CC=CC2)ccc1CCC. The van der Waals surface area contributed by atoms with Gasteiger partial charge >= 0.3 is 0 Å². The predicted molar refractivity (Wildman–Crippen MR) is 260 cm³/mol. The highest BCUT2D eigenvalue weighted by Crippen LogP contribution is 2.47. The minimum absolute atomic E-state index is 0.145. The van der Waals surface area contributed by atoms with Crippen LogP contribution in [0.5, 0.6) is 0 Å². The number of aromatic nitrogens is 1. The van der Waals surface area contributed by atoms with Crippen molar-refractivity contribution in [2.24, 2.45) is 5.10 Å². The number of benzene rings is 5. The molecule has 0 amide bonds. The van der Waals surface area contributed by atoms with E-state index < -0.39 is 0 Å². The van der Waals surface area contributed by atoms with Gasteiger partial charge in [-0.3, -0.25) is 5.01 Å². The molecule has 0 saturated heterocycles. The molecule has 5 aromatic carbocycles. The number of allylic oxidation sites excluding steroid dienone is 14. The quantitative estimate of drug-likeness (QED) is 0.0555. The molecular formula is C56H51BN3. The van der Waals surface area contributed by atoms with E-state index in [1.54, 1.807) is 0 Å². The van der Waals surface area contributed by atoms with Gasteiger partial charge in [0.2, 0.25) is 7.28 Å². The lowest BCUT2D eigenvalue weighted by Gasteiger charge is -2.28. The third kappa shape index (κ3) is 6.72. The Kier molecular flexibility index (Phi) is 10.7. The van der Waals surface area contributed by atoms with Gasteiger partial charge in [0.1, 0.15) is 0 Å². The van der Waals surface area contributed by atoms with Crippen LogP contribution in [0.15, 0.2) is 180 Å². The third-order valence-corrected chi connectivity index (χ3v) is 12.4. The summed E-state index contributed by atoms with van der Waals surface area (Å²) in [6, 6.07) is 26.0. The first kappa shape index (κ1) is 38.9. The lowest BCUT2D eigenvalue weighted by atomic mass is 9.60. The molecule has 3 nitrogen and oxygen atoms in total. The molecule has 293 valence electrons. The summed E-state index contributed by atoms with van der Waals surface area (Å²) in [5, 5.41) is 12.8. The Bertz CT molecular complexity index is 3000. The summed E-state index contributed by atoms with van der Waals surface area (Å²) >= 11 is 0. The van der Waals surface area contributed by atoms with Crippen LogP contribution in [-0.2, 0) is 6.42 Å². The molecule has 0 saturated carbocycles. The van der Waals surface area contributed by atoms with E-state index in [0.717, 1.165) is 36.1 Å². The van der Waals surface area contributed by atoms with E-state index in [4.69, 9.17) is 5.10 Å². The van der Waals surface area contributed by atoms with Crippen LogP contribution in [-0.4, -0.2) is 22.5 Å². The molecular weight excluding hydrogens is 725 g/mol. The van der Waals surface area contributed by atoms with Crippen molar-refractivity contribution in [3.63, 3.8) is 0 Å². The molecule has 0 bridgehead atoms. The molecule has 0 spiro atoms. The largest absolute Gasteiger partial charge is 0.333 e. The van der Waals surface area contributed by atoms with E-state index in [1.807, 2.05) is 30.4 Å². The van der Waals surface area contributed by atoms with Crippen LogP contribution < -0.4 is 0 Å². The van der Waals surface area contributed by atoms with Crippen molar-refractivity contribution in [2.75, 3.05) is 0 Å². The van der Waals surface area contributed by atoms with Gasteiger partial charge in [-0.25, -0.2) is 0 Å². The van der Waals surface area contributed by atoms with E-state index in [0.29, 0.717) is 0 Å². The van der Waals surface area contributed by atoms with Crippen LogP contribution in [0.2, 0.25) is 0 Å². The Labute approximate surface area is 356 Å². The number of rotatable bonds is 11. The number of hydrazone groups is 1. The van der Waals surface area contributed by atoms with Gasteiger partial charge in [-0.05, 0) is 144 Å². The fourth-order valence-electron chi connectivity index (χ4n) is 9.63. The summed E-state index contributed by atoms with van der Waals surface area (Å²) < 4.78 is 2.60. The van der Waals surface area contributed by atoms with Crippen LogP contribution in [0.4, 0.5) is 0 Å². The van der Waals surface area contributed by atoms with Crippen molar-refractivity contribution in [1.82, 2.24) is 9.58 Å². The molecule has 3 aliphatic rings. The summed E-state index contributed by atoms with van der Waals surface area (Å²) in [7, 11) is 2.30. The minimum atomic E-state index is -0.145. The van der Waals surface area contributed by atoms with E-state index in [1.165, 1.54) is 82.6 Å². The second kappa shape index (κ2) is 16.6. The maximum absolute atomic E-state index is 5.29. The van der Waals surface area contributed by atoms with Crippen molar-refractivity contribution < 1.29 is 0 Å². The standard InChI is InChI=1S/C56H51BN3/c1-7-11-26-43(10-4)60-56(57-55(58-60)40-24-15-12-13-16-25-40)47-30-19-23-37(5)52(47)49-34-41(33-32-39(49)21-8-2)42-35-48-38(6)45(22-9-3)46-29-20-31-50-53(46)54(48)51(36-42)59(50)44-27-17-14-18-28-44/h7,9-20,22-24,26-27,29-36,44,56H,1,8,21,28H2,2-6H3/b22-9-,26-11-,43-10+. The van der Waals surface area contributed by atoms with Gasteiger partial charge < -0.3 is 4.57 Å². The molecule has 6 aromatic rings. The molecule has 60 heavy (non-hydrogen) atoms. The zero-order valence-corrected chi connectivity index (χ0v) is 35.4. The van der Waals surface area contributed by atoms with Crippen molar-refractivity contribution in [3.05, 3.63) is 203 Å². The Morgan fingerprint density at radius 2 is 1.78 bits per heavy atom. The highest BCUT2D eigenvalue weighted by atomic mass is 15.5. The summed E-state index contributed by atoms with van der Waals surface area (Å²) in [5.74, 6) is -0.145. The molecule has 2 atom stereocenters. The topological polar surface area (TPSA) is 20.5 Å². The lowest BCUT2D eigenvalue weighted by Crippen LogP contribution is -2.24. The monoisotopic (exact) mass is 776 g/mol. The second-order valence-corrected chi connectivity index (χ2v) is 16.0. The molecule has 4 heteroatoms. The van der Waals surface area contributed by atoms with Gasteiger partial charge in [-0.2, -0.15) is 5.10 Å². The fourth-order valence-corrected chi connectivity index (χ4v) is 9.63. The van der Waals surface area contributed by atoms with E-state index in [9.17, 15) is 0 Å². The van der Waals surface area contributed by atoms with Gasteiger partial charge in [0.05, 0.1) is 28.7 Å². The van der Waals surface area contributed by atoms with Crippen molar-refractivity contribution in [1.29, 1.82) is 0 Å². The Hall–Kier alpha value is -6.61. The number of hydrogen-bond acceptors (Lipinski definition) is 2. The first-order valence-corrected chi connectivity index (χ1v) is 21.5. The first-order chi connectivity index (χ1) is 29.4. The van der Waals surface area contributed by atoms with Crippen molar-refractivity contribution >= 4 is 51.5 Å². The normalized spacial score (nSPS) is 17.9. The number of aryl methyl sites for hydroxylation is 3. The molecule has 1 aliphatic heterocycles. The van der Waals surface area contributed by atoms with Crippen LogP contribution in [0.1, 0.15) is 73.4 Å². The molecule has 2 aliphatic carbocycles. The first-order valence-electron chi connectivity index (χ1n) is 21.5. The Balaban J connectivity index is 1.26. The second-order valence-electron chi connectivity index (χ2n) is 16.0. The third-order valence-electron chi connectivity index (χ3n) is 12.4. The van der Waals surface area contributed by atoms with Crippen LogP contribution in [0, 0.1) is 13.8 Å². The molecule has 1 aromatic heterocycles. The zero-order chi connectivity index (χ0) is 41.3. The van der Waals surface area contributed by atoms with Gasteiger partial charge in [-0.15, -0.1) is 5.73 Å². The highest BCUT2D eigenvalue weighted by Gasteiger charge is 2.34. The smallest absolute Gasteiger partial charge is 0.219 e. The summed E-state index contributed by atoms with van der Waals surface area (Å²) in [6.07, 6.45) is 34.7. The zero-order valence-electron chi connectivity index (χ0n) is 35.4. The lowest BCUT2D eigenvalue weighted by molar-refractivity contribution is 0.361. The van der Waals surface area contributed by atoms with Crippen LogP contribution in [0.25, 0.3) is 60.9 Å². The predicted octanol–water partition coefficient (Wildman–Crippen LogP) is 14.6. The van der Waals surface area contributed by atoms with E-state index in [2.05, 4.69) is 191 Å². The number of nitrogens with zero attached hydrogens (tertiary/aromatic N) is 3. The maximum atomic E-state index is 5.29. The highest BCUT2D eigenvalue weighted by molar-refractivity contribution is 6.81. The van der Waals surface area contributed by atoms with E-state index in [-0.39, 0.29) is 12.0 Å². The molecule has 1 radical (unpaired) electrons. The Morgan fingerprint density at radius 3 is 2.58 bits per heavy atom. The van der Waals surface area contributed by atoms with Crippen molar-refractivity contribution in [2.45, 2.75) is 65.9 Å². The summed E-state index contributed by atoms with van der Waals surface area (Å²) in [4.78, 5) is 0. The molecule has 0 fully saturated rings. The van der Waals surface area contributed by atoms with E-state index >= 15 is 0 Å². The summed E-state index contributed by atoms with van der Waals surface area (Å²) in [5.41, 5.74) is 20.4. The fraction of sp³-hybridized carbons (Fsp3) is 0.179. The van der Waals surface area contributed by atoms with Crippen LogP contribution >= 0.6 is 0 Å². The Morgan fingerprint density at radius 1 is 0.917 bits per heavy atom.